The number of benzene rings is 3. The van der Waals surface area contributed by atoms with Crippen molar-refractivity contribution in [2.24, 2.45) is 7.05 Å². The van der Waals surface area contributed by atoms with Gasteiger partial charge in [-0.25, -0.2) is 9.18 Å². The molecule has 1 N–H and O–H groups in total. The molecule has 1 aliphatic heterocycles. The van der Waals surface area contributed by atoms with Gasteiger partial charge in [0.15, 0.2) is 0 Å². The number of nitrogens with zero attached hydrogens (tertiary/aromatic N) is 3. The molecule has 0 atom stereocenters. The van der Waals surface area contributed by atoms with Crippen molar-refractivity contribution in [3.8, 4) is 16.9 Å². The molecule has 0 radical (unpaired) electrons. The maximum absolute atomic E-state index is 13.8. The zero-order valence-corrected chi connectivity index (χ0v) is 25.6. The van der Waals surface area contributed by atoms with Gasteiger partial charge in [0.25, 0.3) is 0 Å². The van der Waals surface area contributed by atoms with Crippen LogP contribution in [0.2, 0.25) is 5.02 Å². The molecule has 5 aromatic rings. The number of aromatic nitrogens is 3. The highest BCUT2D eigenvalue weighted by Gasteiger charge is 2.29. The molecular weight excluding hydrogens is 567 g/mol. The van der Waals surface area contributed by atoms with Crippen molar-refractivity contribution in [3.05, 3.63) is 82.0 Å². The van der Waals surface area contributed by atoms with Crippen LogP contribution in [0.25, 0.3) is 32.8 Å². The molecule has 2 aromatic heterocycles. The van der Waals surface area contributed by atoms with Crippen LogP contribution in [-0.2, 0) is 31.3 Å². The van der Waals surface area contributed by atoms with Crippen molar-refractivity contribution in [2.75, 3.05) is 19.8 Å². The Morgan fingerprint density at radius 1 is 1.12 bits per heavy atom. The molecule has 7 nitrogen and oxygen atoms in total. The number of hydrogen-bond acceptors (Lipinski definition) is 5. The Morgan fingerprint density at radius 2 is 1.95 bits per heavy atom. The summed E-state index contributed by atoms with van der Waals surface area (Å²) in [7, 11) is 1.95. The summed E-state index contributed by atoms with van der Waals surface area (Å²) in [6.45, 7) is 6.76. The van der Waals surface area contributed by atoms with E-state index in [-0.39, 0.29) is 18.4 Å². The summed E-state index contributed by atoms with van der Waals surface area (Å²) in [5.74, 6) is 0.106. The van der Waals surface area contributed by atoms with Crippen LogP contribution in [0.1, 0.15) is 53.6 Å². The molecule has 0 amide bonds. The Balaban J connectivity index is 1.43. The van der Waals surface area contributed by atoms with Gasteiger partial charge in [-0.15, -0.1) is 0 Å². The molecule has 0 saturated heterocycles. The van der Waals surface area contributed by atoms with Crippen LogP contribution in [0.3, 0.4) is 0 Å². The van der Waals surface area contributed by atoms with Gasteiger partial charge < -0.3 is 19.4 Å². The van der Waals surface area contributed by atoms with E-state index in [1.165, 1.54) is 12.1 Å². The number of aryl methyl sites for hydroxylation is 3. The third-order valence-corrected chi connectivity index (χ3v) is 8.63. The Morgan fingerprint density at radius 3 is 2.79 bits per heavy atom. The van der Waals surface area contributed by atoms with Gasteiger partial charge in [-0.2, -0.15) is 5.10 Å². The van der Waals surface area contributed by atoms with Gasteiger partial charge in [0, 0.05) is 47.7 Å². The number of fused-ring (bicyclic) bond motifs is 3. The van der Waals surface area contributed by atoms with Crippen molar-refractivity contribution in [1.29, 1.82) is 0 Å². The smallest absolute Gasteiger partial charge is 0.355 e. The molecule has 6 rings (SSSR count). The van der Waals surface area contributed by atoms with E-state index in [0.29, 0.717) is 49.0 Å². The summed E-state index contributed by atoms with van der Waals surface area (Å²) in [6.07, 6.45) is 3.13. The summed E-state index contributed by atoms with van der Waals surface area (Å²) in [6, 6.07) is 14.3. The highest BCUT2D eigenvalue weighted by molar-refractivity contribution is 6.35. The van der Waals surface area contributed by atoms with E-state index < -0.39 is 0 Å². The highest BCUT2D eigenvalue weighted by Crippen LogP contribution is 2.42. The molecule has 0 fully saturated rings. The third kappa shape index (κ3) is 5.50. The van der Waals surface area contributed by atoms with Crippen molar-refractivity contribution in [1.82, 2.24) is 19.7 Å². The van der Waals surface area contributed by atoms with Crippen LogP contribution in [0.15, 0.2) is 48.5 Å². The van der Waals surface area contributed by atoms with Gasteiger partial charge >= 0.3 is 5.97 Å². The van der Waals surface area contributed by atoms with E-state index >= 15 is 0 Å². The first kappa shape index (κ1) is 29.2. The molecular formula is C34H36ClFN4O3. The van der Waals surface area contributed by atoms with E-state index in [9.17, 15) is 9.18 Å². The molecule has 3 heterocycles. The van der Waals surface area contributed by atoms with Crippen LogP contribution >= 0.6 is 11.6 Å². The second-order valence-electron chi connectivity index (χ2n) is 11.0. The molecule has 0 saturated carbocycles. The average Bonchev–Trinajstić information content (AvgIpc) is 3.44. The van der Waals surface area contributed by atoms with Gasteiger partial charge in [-0.1, -0.05) is 29.8 Å². The molecule has 43 heavy (non-hydrogen) atoms. The number of ether oxygens (including phenoxy) is 2. The molecule has 0 spiro atoms. The minimum Gasteiger partial charge on any atom is -0.493 e. The molecule has 0 bridgehead atoms. The molecule has 1 aliphatic rings. The van der Waals surface area contributed by atoms with Crippen LogP contribution in [0, 0.1) is 12.7 Å². The van der Waals surface area contributed by atoms with Crippen molar-refractivity contribution in [2.45, 2.75) is 52.6 Å². The van der Waals surface area contributed by atoms with Crippen LogP contribution in [0.5, 0.6) is 5.75 Å². The van der Waals surface area contributed by atoms with E-state index in [1.807, 2.05) is 49.0 Å². The molecule has 0 unspecified atom stereocenters. The SMILES string of the molecule is CCOC(=O)c1c(CCCOc2cccc3cc(F)ccc23)c2ccc(Cl)c3c2n1CCCCNCc1nn(C)c(C)c1-3. The van der Waals surface area contributed by atoms with Crippen LogP contribution in [-0.4, -0.2) is 40.1 Å². The molecule has 0 aliphatic carbocycles. The maximum Gasteiger partial charge on any atom is 0.355 e. The average molecular weight is 603 g/mol. The monoisotopic (exact) mass is 602 g/mol. The van der Waals surface area contributed by atoms with E-state index in [4.69, 9.17) is 26.2 Å². The van der Waals surface area contributed by atoms with Gasteiger partial charge in [0.1, 0.15) is 17.3 Å². The summed E-state index contributed by atoms with van der Waals surface area (Å²) < 4.78 is 29.6. The zero-order chi connectivity index (χ0) is 30.1. The number of esters is 1. The standard InChI is InChI=1S/C34H36ClFN4O3/c1-4-42-34(41)33-25(10-8-18-43-29-11-7-9-22-19-23(36)12-13-24(22)29)26-14-15-27(35)31-30-21(2)39(3)38-28(30)20-37-16-5-6-17-40(33)32(26)31/h7,9,11-15,19,37H,4-6,8,10,16-18,20H2,1-3H3. The molecule has 224 valence electrons. The van der Waals surface area contributed by atoms with Crippen LogP contribution < -0.4 is 10.1 Å². The third-order valence-electron chi connectivity index (χ3n) is 8.31. The van der Waals surface area contributed by atoms with Crippen molar-refractivity contribution >= 4 is 39.2 Å². The van der Waals surface area contributed by atoms with Gasteiger partial charge in [0.05, 0.1) is 29.4 Å². The second kappa shape index (κ2) is 12.4. The maximum atomic E-state index is 13.8. The number of carbonyl (C=O) groups excluding carboxylic acids is 1. The molecule has 9 heteroatoms. The highest BCUT2D eigenvalue weighted by atomic mass is 35.5. The van der Waals surface area contributed by atoms with Gasteiger partial charge in [0.2, 0.25) is 0 Å². The lowest BCUT2D eigenvalue weighted by Crippen LogP contribution is -2.17. The van der Waals surface area contributed by atoms with Crippen LogP contribution in [0.4, 0.5) is 4.39 Å². The summed E-state index contributed by atoms with van der Waals surface area (Å²) in [5, 5.41) is 11.6. The van der Waals surface area contributed by atoms with E-state index in [1.54, 1.807) is 6.07 Å². The van der Waals surface area contributed by atoms with Gasteiger partial charge in [-0.05, 0) is 87.4 Å². The predicted molar refractivity (Wildman–Crippen MR) is 169 cm³/mol. The number of halogens is 2. The lowest BCUT2D eigenvalue weighted by molar-refractivity contribution is 0.0512. The lowest BCUT2D eigenvalue weighted by Gasteiger charge is -2.14. The minimum atomic E-state index is -0.330. The second-order valence-corrected chi connectivity index (χ2v) is 11.4. The number of hydrogen-bond donors (Lipinski definition) is 1. The summed E-state index contributed by atoms with van der Waals surface area (Å²) >= 11 is 7.00. The largest absolute Gasteiger partial charge is 0.493 e. The zero-order valence-electron chi connectivity index (χ0n) is 24.8. The quantitative estimate of drug-likeness (QED) is 0.156. The topological polar surface area (TPSA) is 70.3 Å². The first-order valence-electron chi connectivity index (χ1n) is 14.9. The van der Waals surface area contributed by atoms with Gasteiger partial charge in [-0.3, -0.25) is 4.68 Å². The van der Waals surface area contributed by atoms with Crippen molar-refractivity contribution < 1.29 is 18.7 Å². The summed E-state index contributed by atoms with van der Waals surface area (Å²) in [4.78, 5) is 13.6. The number of rotatable bonds is 7. The predicted octanol–water partition coefficient (Wildman–Crippen LogP) is 7.37. The Hall–Kier alpha value is -3.88. The normalized spacial score (nSPS) is 13.6. The number of carbonyl (C=O) groups is 1. The Bertz CT molecular complexity index is 1830. The fourth-order valence-corrected chi connectivity index (χ4v) is 6.52. The fourth-order valence-electron chi connectivity index (χ4n) is 6.27. The Kier molecular flexibility index (Phi) is 8.41. The van der Waals surface area contributed by atoms with E-state index in [0.717, 1.165) is 69.1 Å². The van der Waals surface area contributed by atoms with Crippen molar-refractivity contribution in [3.63, 3.8) is 0 Å². The number of nitrogens with one attached hydrogen (secondary N) is 1. The molecule has 3 aromatic carbocycles. The first-order chi connectivity index (χ1) is 20.9. The first-order valence-corrected chi connectivity index (χ1v) is 15.3. The minimum absolute atomic E-state index is 0.275. The Labute approximate surface area is 255 Å². The lowest BCUT2D eigenvalue weighted by atomic mass is 9.98. The summed E-state index contributed by atoms with van der Waals surface area (Å²) in [5.41, 5.74) is 6.32. The van der Waals surface area contributed by atoms with E-state index in [2.05, 4.69) is 16.8 Å². The fraction of sp³-hybridized carbons (Fsp3) is 0.353.